The number of hydrogen-bond donors (Lipinski definition) is 1. The molecule has 0 radical (unpaired) electrons. The zero-order chi connectivity index (χ0) is 9.61. The Bertz CT molecular complexity index is 169. The summed E-state index contributed by atoms with van der Waals surface area (Å²) in [4.78, 5) is 0. The average molecular weight is 221 g/mol. The van der Waals surface area contributed by atoms with Crippen molar-refractivity contribution in [1.82, 2.24) is 0 Å². The van der Waals surface area contributed by atoms with Crippen molar-refractivity contribution in [1.29, 1.82) is 0 Å². The summed E-state index contributed by atoms with van der Waals surface area (Å²) in [6, 6.07) is 0. The van der Waals surface area contributed by atoms with Crippen molar-refractivity contribution in [2.75, 3.05) is 0 Å². The average Bonchev–Trinajstić information content (AvgIpc) is 1.85. The molecule has 0 fully saturated rings. The van der Waals surface area contributed by atoms with Crippen LogP contribution in [0.2, 0.25) is 0 Å². The van der Waals surface area contributed by atoms with E-state index >= 15 is 0 Å². The smallest absolute Gasteiger partial charge is 0.0777 e. The Morgan fingerprint density at radius 1 is 1.33 bits per heavy atom. The molecule has 12 heavy (non-hydrogen) atoms. The molecular formula is C5H6ClKO5. The summed E-state index contributed by atoms with van der Waals surface area (Å²) in [5, 5.41) is 0. The van der Waals surface area contributed by atoms with Crippen LogP contribution in [0.25, 0.3) is 0 Å². The SMILES string of the molecule is [K][CH]1C=CC=CO1.[O-][Cl+3]([O-])([O-])O. The summed E-state index contributed by atoms with van der Waals surface area (Å²) in [6.45, 7) is 0. The standard InChI is InChI=1S/C5H5O.ClHO4.K/c1-2-4-6-5-3-1;2-1(3,4)5;/h1-5H;(H,2,3,4,5);. The Kier molecular flexibility index (Phi) is 7.06. The van der Waals surface area contributed by atoms with E-state index < -0.39 is 10.2 Å². The van der Waals surface area contributed by atoms with Crippen molar-refractivity contribution in [3.8, 4) is 0 Å². The summed E-state index contributed by atoms with van der Waals surface area (Å²) < 4.78 is 38.3. The van der Waals surface area contributed by atoms with Crippen LogP contribution in [-0.4, -0.2) is 53.8 Å². The van der Waals surface area contributed by atoms with Crippen LogP contribution in [0, 0.1) is 10.2 Å². The third-order valence-electron chi connectivity index (χ3n) is 0.865. The predicted molar refractivity (Wildman–Crippen MR) is 31.1 cm³/mol. The molecule has 0 saturated heterocycles. The quantitative estimate of drug-likeness (QED) is 0.427. The van der Waals surface area contributed by atoms with Gasteiger partial charge in [-0.1, -0.05) is 0 Å². The van der Waals surface area contributed by atoms with E-state index in [1.807, 2.05) is 12.2 Å². The summed E-state index contributed by atoms with van der Waals surface area (Å²) in [5.41, 5.74) is 0. The zero-order valence-corrected chi connectivity index (χ0v) is 10.2. The molecule has 1 atom stereocenters. The Hall–Kier alpha value is 1.05. The molecule has 1 N–H and O–H groups in total. The summed E-state index contributed by atoms with van der Waals surface area (Å²) in [7, 11) is -4.69. The molecule has 1 unspecified atom stereocenters. The van der Waals surface area contributed by atoms with Gasteiger partial charge in [0.2, 0.25) is 0 Å². The van der Waals surface area contributed by atoms with Gasteiger partial charge in [0.15, 0.2) is 0 Å². The van der Waals surface area contributed by atoms with E-state index in [9.17, 15) is 0 Å². The van der Waals surface area contributed by atoms with Crippen molar-refractivity contribution in [2.45, 2.75) is 0.199 Å². The minimum atomic E-state index is -4.69. The third kappa shape index (κ3) is 13.6. The van der Waals surface area contributed by atoms with Gasteiger partial charge in [-0.15, -0.1) is 0 Å². The van der Waals surface area contributed by atoms with Gasteiger partial charge in [0.25, 0.3) is 0 Å². The fourth-order valence-corrected chi connectivity index (χ4v) is 1.07. The summed E-state index contributed by atoms with van der Waals surface area (Å²) >= 11 is 0.772. The van der Waals surface area contributed by atoms with Gasteiger partial charge in [-0.3, -0.25) is 0 Å². The molecule has 0 aromatic heterocycles. The Morgan fingerprint density at radius 3 is 2.00 bits per heavy atom. The van der Waals surface area contributed by atoms with E-state index in [0.717, 1.165) is 49.0 Å². The van der Waals surface area contributed by atoms with E-state index in [1.165, 1.54) is 0 Å². The van der Waals surface area contributed by atoms with E-state index in [4.69, 9.17) is 23.4 Å². The van der Waals surface area contributed by atoms with Gasteiger partial charge in [-0.25, -0.2) is 0 Å². The Morgan fingerprint density at radius 2 is 1.83 bits per heavy atom. The third-order valence-corrected chi connectivity index (χ3v) is 1.89. The fourth-order valence-electron chi connectivity index (χ4n) is 0.481. The second-order valence-electron chi connectivity index (χ2n) is 1.95. The first kappa shape index (κ1) is 13.0. The molecule has 0 aliphatic carbocycles. The molecule has 0 aromatic rings. The van der Waals surface area contributed by atoms with Crippen molar-refractivity contribution in [2.24, 2.45) is 0 Å². The van der Waals surface area contributed by atoms with Crippen molar-refractivity contribution < 1.29 is 33.6 Å². The molecule has 7 heteroatoms. The first-order valence-corrected chi connectivity index (χ1v) is 6.08. The van der Waals surface area contributed by atoms with Crippen LogP contribution < -0.4 is 14.0 Å². The van der Waals surface area contributed by atoms with Crippen molar-refractivity contribution >= 4 is 49.0 Å². The molecule has 0 saturated carbocycles. The van der Waals surface area contributed by atoms with Gasteiger partial charge in [-0.05, 0) is 0 Å². The van der Waals surface area contributed by atoms with Gasteiger partial charge >= 0.3 is 78.4 Å². The molecule has 1 rings (SSSR count). The second kappa shape index (κ2) is 6.49. The number of allylic oxidation sites excluding steroid dienone is 2. The Labute approximate surface area is 106 Å². The van der Waals surface area contributed by atoms with Crippen LogP contribution in [-0.2, 0) is 4.74 Å². The molecule has 0 spiro atoms. The maximum absolute atomic E-state index is 8.60. The van der Waals surface area contributed by atoms with Gasteiger partial charge in [-0.2, -0.15) is 14.0 Å². The molecule has 0 aromatic carbocycles. The largest absolute Gasteiger partial charge is 0.183 e. The second-order valence-corrected chi connectivity index (χ2v) is 4.52. The number of halogens is 1. The molecule has 5 nitrogen and oxygen atoms in total. The first-order valence-electron chi connectivity index (χ1n) is 3.01. The zero-order valence-electron chi connectivity index (χ0n) is 6.34. The van der Waals surface area contributed by atoms with E-state index in [1.54, 1.807) is 6.26 Å². The maximum Gasteiger partial charge on any atom is 0.0777 e. The van der Waals surface area contributed by atoms with Crippen molar-refractivity contribution in [3.63, 3.8) is 0 Å². The Balaban J connectivity index is 0.000000217. The van der Waals surface area contributed by atoms with E-state index in [0.29, 0.717) is 0.199 Å². The van der Waals surface area contributed by atoms with E-state index in [2.05, 4.69) is 6.08 Å². The van der Waals surface area contributed by atoms with E-state index in [-0.39, 0.29) is 0 Å². The molecule has 0 bridgehead atoms. The normalized spacial score (nSPS) is 21.0. The topological polar surface area (TPSA) is 98.6 Å². The number of hydrogen-bond acceptors (Lipinski definition) is 5. The fraction of sp³-hybridized carbons (Fsp3) is 0.200. The minimum absolute atomic E-state index is 0.456. The van der Waals surface area contributed by atoms with Gasteiger partial charge in [0.05, 0.1) is 14.9 Å². The van der Waals surface area contributed by atoms with Crippen LogP contribution in [0.15, 0.2) is 24.5 Å². The molecule has 64 valence electrons. The number of ether oxygens (including phenoxy) is 1. The summed E-state index contributed by atoms with van der Waals surface area (Å²) in [5.74, 6) is 0. The minimum Gasteiger partial charge on any atom is -0.183 e. The maximum atomic E-state index is 8.60. The van der Waals surface area contributed by atoms with Gasteiger partial charge < -0.3 is 0 Å². The summed E-state index contributed by atoms with van der Waals surface area (Å²) in [6.07, 6.45) is 7.76. The van der Waals surface area contributed by atoms with Gasteiger partial charge in [0, 0.05) is 0 Å². The first-order chi connectivity index (χ1) is 5.39. The predicted octanol–water partition coefficient (Wildman–Crippen LogP) is -3.54. The van der Waals surface area contributed by atoms with Crippen molar-refractivity contribution in [3.05, 3.63) is 24.5 Å². The van der Waals surface area contributed by atoms with Crippen LogP contribution in [0.3, 0.4) is 0 Å². The molecule has 1 aliphatic rings. The van der Waals surface area contributed by atoms with Crippen LogP contribution in [0.4, 0.5) is 0 Å². The monoisotopic (exact) mass is 220 g/mol. The van der Waals surface area contributed by atoms with Crippen LogP contribution in [0.1, 0.15) is 0 Å². The molecular weight excluding hydrogens is 215 g/mol. The molecule has 1 aliphatic heterocycles. The van der Waals surface area contributed by atoms with Crippen LogP contribution in [0.5, 0.6) is 0 Å². The van der Waals surface area contributed by atoms with Crippen LogP contribution >= 0.6 is 0 Å². The molecule has 0 amide bonds. The van der Waals surface area contributed by atoms with Gasteiger partial charge in [0.1, 0.15) is 0 Å². The molecule has 1 heterocycles. The number of rotatable bonds is 0.